The van der Waals surface area contributed by atoms with Gasteiger partial charge in [0.2, 0.25) is 0 Å². The summed E-state index contributed by atoms with van der Waals surface area (Å²) in [5.74, 6) is -1.48. The lowest BCUT2D eigenvalue weighted by molar-refractivity contribution is 0.0945. The molecular weight excluding hydrogens is 390 g/mol. The van der Waals surface area contributed by atoms with Crippen molar-refractivity contribution >= 4 is 22.6 Å². The second-order valence-corrected chi connectivity index (χ2v) is 6.42. The van der Waals surface area contributed by atoms with E-state index in [4.69, 9.17) is 4.74 Å². The van der Waals surface area contributed by atoms with Crippen LogP contribution in [0.15, 0.2) is 42.5 Å². The zero-order valence-corrected chi connectivity index (χ0v) is 16.3. The minimum Gasteiger partial charge on any atom is -0.494 e. The Hall–Kier alpha value is -3.73. The van der Waals surface area contributed by atoms with Crippen molar-refractivity contribution in [3.8, 4) is 11.8 Å². The molecule has 0 unspecified atom stereocenters. The van der Waals surface area contributed by atoms with Crippen LogP contribution < -0.4 is 15.4 Å². The molecule has 1 aromatic heterocycles. The molecule has 0 fully saturated rings. The zero-order valence-electron chi connectivity index (χ0n) is 16.3. The highest BCUT2D eigenvalue weighted by molar-refractivity contribution is 5.94. The second kappa shape index (κ2) is 9.65. The third-order valence-corrected chi connectivity index (χ3v) is 4.34. The van der Waals surface area contributed by atoms with Gasteiger partial charge in [0.25, 0.3) is 5.91 Å². The van der Waals surface area contributed by atoms with E-state index in [2.05, 4.69) is 21.7 Å². The van der Waals surface area contributed by atoms with Crippen LogP contribution in [-0.4, -0.2) is 30.6 Å². The van der Waals surface area contributed by atoms with E-state index in [0.29, 0.717) is 42.2 Å². The minimum atomic E-state index is -0.905. The Kier molecular flexibility index (Phi) is 6.75. The van der Waals surface area contributed by atoms with E-state index in [-0.39, 0.29) is 6.54 Å². The van der Waals surface area contributed by atoms with Crippen LogP contribution in [0.1, 0.15) is 29.3 Å². The van der Waals surface area contributed by atoms with Gasteiger partial charge in [-0.05, 0) is 49.7 Å². The number of pyridine rings is 1. The number of hydrogen-bond acceptors (Lipinski definition) is 5. The summed E-state index contributed by atoms with van der Waals surface area (Å²) in [5.41, 5.74) is 0.497. The summed E-state index contributed by atoms with van der Waals surface area (Å²) in [4.78, 5) is 16.4. The predicted octanol–water partition coefficient (Wildman–Crippen LogP) is 4.02. The van der Waals surface area contributed by atoms with Gasteiger partial charge in [-0.25, -0.2) is 13.8 Å². The Morgan fingerprint density at radius 1 is 1.17 bits per heavy atom. The van der Waals surface area contributed by atoms with Crippen LogP contribution in [0.4, 0.5) is 14.6 Å². The predicted molar refractivity (Wildman–Crippen MR) is 109 cm³/mol. The molecule has 0 aliphatic carbocycles. The van der Waals surface area contributed by atoms with Gasteiger partial charge in [-0.1, -0.05) is 6.07 Å². The molecular formula is C22H20F2N4O2. The largest absolute Gasteiger partial charge is 0.494 e. The van der Waals surface area contributed by atoms with Crippen LogP contribution in [0.2, 0.25) is 0 Å². The van der Waals surface area contributed by atoms with Crippen LogP contribution in [-0.2, 0) is 0 Å². The molecule has 1 amide bonds. The molecule has 0 saturated carbocycles. The maximum absolute atomic E-state index is 13.6. The first-order chi connectivity index (χ1) is 14.5. The van der Waals surface area contributed by atoms with Crippen LogP contribution in [0.25, 0.3) is 10.9 Å². The normalized spacial score (nSPS) is 10.5. The smallest absolute Gasteiger partial charge is 0.257 e. The van der Waals surface area contributed by atoms with Gasteiger partial charge in [0.15, 0.2) is 0 Å². The minimum absolute atomic E-state index is 0.201. The summed E-state index contributed by atoms with van der Waals surface area (Å²) in [6.45, 7) is 3.05. The molecule has 0 spiro atoms. The molecule has 0 aliphatic heterocycles. The lowest BCUT2D eigenvalue weighted by atomic mass is 10.1. The highest BCUT2D eigenvalue weighted by Gasteiger charge is 2.16. The quantitative estimate of drug-likeness (QED) is 0.548. The first-order valence-electron chi connectivity index (χ1n) is 9.47. The van der Waals surface area contributed by atoms with Crippen molar-refractivity contribution in [2.75, 3.05) is 25.0 Å². The lowest BCUT2D eigenvalue weighted by Crippen LogP contribution is -2.27. The fraction of sp³-hybridized carbons (Fsp3) is 0.227. The fourth-order valence-electron chi connectivity index (χ4n) is 2.93. The van der Waals surface area contributed by atoms with Crippen molar-refractivity contribution in [1.82, 2.24) is 10.3 Å². The first-order valence-corrected chi connectivity index (χ1v) is 9.47. The molecule has 3 rings (SSSR count). The Balaban J connectivity index is 1.58. The van der Waals surface area contributed by atoms with Gasteiger partial charge in [0, 0.05) is 18.5 Å². The number of amides is 1. The number of aromatic nitrogens is 1. The summed E-state index contributed by atoms with van der Waals surface area (Å²) in [6, 6.07) is 12.6. The number of rotatable bonds is 8. The van der Waals surface area contributed by atoms with Crippen molar-refractivity contribution in [3.63, 3.8) is 0 Å². The van der Waals surface area contributed by atoms with Gasteiger partial charge >= 0.3 is 0 Å². The van der Waals surface area contributed by atoms with E-state index in [1.807, 2.05) is 25.1 Å². The van der Waals surface area contributed by atoms with E-state index in [0.717, 1.165) is 17.5 Å². The zero-order chi connectivity index (χ0) is 21.5. The molecule has 6 nitrogen and oxygen atoms in total. The summed E-state index contributed by atoms with van der Waals surface area (Å²) in [5, 5.41) is 15.8. The Labute approximate surface area is 172 Å². The van der Waals surface area contributed by atoms with Gasteiger partial charge in [-0.2, -0.15) is 5.26 Å². The van der Waals surface area contributed by atoms with E-state index < -0.39 is 23.1 Å². The third kappa shape index (κ3) is 4.81. The van der Waals surface area contributed by atoms with E-state index in [9.17, 15) is 18.8 Å². The number of nitrogens with one attached hydrogen (secondary N) is 2. The fourth-order valence-corrected chi connectivity index (χ4v) is 2.93. The summed E-state index contributed by atoms with van der Waals surface area (Å²) in [6.07, 6.45) is 0.468. The average molecular weight is 410 g/mol. The van der Waals surface area contributed by atoms with Crippen molar-refractivity contribution < 1.29 is 18.3 Å². The number of hydrogen-bond donors (Lipinski definition) is 2. The number of halogens is 2. The molecule has 8 heteroatoms. The Bertz CT molecular complexity index is 1090. The monoisotopic (exact) mass is 410 g/mol. The third-order valence-electron chi connectivity index (χ3n) is 4.34. The number of nitriles is 1. The highest BCUT2D eigenvalue weighted by Crippen LogP contribution is 2.24. The number of ether oxygens (including phenoxy) is 1. The van der Waals surface area contributed by atoms with E-state index in [1.165, 1.54) is 6.07 Å². The van der Waals surface area contributed by atoms with Gasteiger partial charge < -0.3 is 15.4 Å². The highest BCUT2D eigenvalue weighted by atomic mass is 19.1. The van der Waals surface area contributed by atoms with Gasteiger partial charge in [-0.15, -0.1) is 0 Å². The first kappa shape index (κ1) is 21.0. The summed E-state index contributed by atoms with van der Waals surface area (Å²) >= 11 is 0. The van der Waals surface area contributed by atoms with Crippen molar-refractivity contribution in [2.24, 2.45) is 0 Å². The SMILES string of the molecule is CCOc1ccc2nc(NCCCNC(=O)c3c(F)cccc3F)c(C#N)cc2c1. The molecule has 0 bridgehead atoms. The number of carbonyl (C=O) groups excluding carboxylic acids is 1. The van der Waals surface area contributed by atoms with Crippen LogP contribution in [0.3, 0.4) is 0 Å². The van der Waals surface area contributed by atoms with E-state index >= 15 is 0 Å². The maximum atomic E-state index is 13.6. The topological polar surface area (TPSA) is 87.0 Å². The Morgan fingerprint density at radius 2 is 1.93 bits per heavy atom. The van der Waals surface area contributed by atoms with Crippen molar-refractivity contribution in [3.05, 3.63) is 65.2 Å². The molecule has 1 heterocycles. The van der Waals surface area contributed by atoms with Crippen LogP contribution in [0, 0.1) is 23.0 Å². The van der Waals surface area contributed by atoms with Gasteiger partial charge in [0.1, 0.15) is 34.8 Å². The molecule has 0 atom stereocenters. The second-order valence-electron chi connectivity index (χ2n) is 6.42. The number of fused-ring (bicyclic) bond motifs is 1. The average Bonchev–Trinajstić information content (AvgIpc) is 2.73. The summed E-state index contributed by atoms with van der Waals surface area (Å²) < 4.78 is 32.7. The molecule has 0 saturated heterocycles. The van der Waals surface area contributed by atoms with E-state index in [1.54, 1.807) is 6.07 Å². The van der Waals surface area contributed by atoms with Crippen molar-refractivity contribution in [1.29, 1.82) is 5.26 Å². The molecule has 30 heavy (non-hydrogen) atoms. The molecule has 0 aliphatic rings. The number of nitrogens with zero attached hydrogens (tertiary/aromatic N) is 2. The molecule has 2 N–H and O–H groups in total. The Morgan fingerprint density at radius 3 is 2.63 bits per heavy atom. The molecule has 154 valence electrons. The molecule has 3 aromatic rings. The van der Waals surface area contributed by atoms with Gasteiger partial charge in [0.05, 0.1) is 17.7 Å². The van der Waals surface area contributed by atoms with Crippen LogP contribution in [0.5, 0.6) is 5.75 Å². The molecule has 2 aromatic carbocycles. The number of benzene rings is 2. The maximum Gasteiger partial charge on any atom is 0.257 e. The number of carbonyl (C=O) groups is 1. The number of anilines is 1. The molecule has 0 radical (unpaired) electrons. The lowest BCUT2D eigenvalue weighted by Gasteiger charge is -2.11. The summed E-state index contributed by atoms with van der Waals surface area (Å²) in [7, 11) is 0. The van der Waals surface area contributed by atoms with Crippen molar-refractivity contribution in [2.45, 2.75) is 13.3 Å². The van der Waals surface area contributed by atoms with Gasteiger partial charge in [-0.3, -0.25) is 4.79 Å². The van der Waals surface area contributed by atoms with Crippen LogP contribution >= 0.6 is 0 Å². The standard InChI is InChI=1S/C22H20F2N4O2/c1-2-30-16-7-8-19-14(12-16)11-15(13-25)21(28-19)26-9-4-10-27-22(29)20-17(23)5-3-6-18(20)24/h3,5-8,11-12H,2,4,9-10H2,1H3,(H,26,28)(H,27,29).